The number of nitrogens with zero attached hydrogens (tertiary/aromatic N) is 1. The van der Waals surface area contributed by atoms with E-state index in [1.165, 1.54) is 5.56 Å². The van der Waals surface area contributed by atoms with Crippen LogP contribution in [0.4, 0.5) is 0 Å². The molecule has 0 saturated carbocycles. The van der Waals surface area contributed by atoms with E-state index < -0.39 is 0 Å². The second-order valence-corrected chi connectivity index (χ2v) is 7.44. The van der Waals surface area contributed by atoms with Gasteiger partial charge in [-0.3, -0.25) is 4.98 Å². The first-order valence-corrected chi connectivity index (χ1v) is 8.11. The molecule has 1 aromatic rings. The van der Waals surface area contributed by atoms with Crippen molar-refractivity contribution in [2.24, 2.45) is 5.92 Å². The SMILES string of the molecule is CCCNC(c1ccnc(C)c1)C1CC(C)(C)OC1(C)C. The van der Waals surface area contributed by atoms with Crippen LogP contribution in [0.2, 0.25) is 0 Å². The van der Waals surface area contributed by atoms with Crippen LogP contribution in [-0.2, 0) is 4.74 Å². The third-order valence-electron chi connectivity index (χ3n) is 4.44. The van der Waals surface area contributed by atoms with Crippen LogP contribution >= 0.6 is 0 Å². The highest BCUT2D eigenvalue weighted by molar-refractivity contribution is 5.22. The predicted molar refractivity (Wildman–Crippen MR) is 87.4 cm³/mol. The van der Waals surface area contributed by atoms with Crippen LogP contribution in [0.15, 0.2) is 18.3 Å². The number of ether oxygens (including phenoxy) is 1. The maximum absolute atomic E-state index is 6.31. The van der Waals surface area contributed by atoms with Crippen molar-refractivity contribution in [2.45, 2.75) is 71.6 Å². The Morgan fingerprint density at radius 3 is 2.62 bits per heavy atom. The summed E-state index contributed by atoms with van der Waals surface area (Å²) >= 11 is 0. The Morgan fingerprint density at radius 2 is 2.10 bits per heavy atom. The third kappa shape index (κ3) is 3.83. The van der Waals surface area contributed by atoms with E-state index in [0.717, 1.165) is 25.1 Å². The molecular formula is C18H30N2O. The summed E-state index contributed by atoms with van der Waals surface area (Å²) in [5.74, 6) is 0.459. The summed E-state index contributed by atoms with van der Waals surface area (Å²) in [6.07, 6.45) is 4.12. The Bertz CT molecular complexity index is 482. The molecule has 0 spiro atoms. The molecule has 3 heteroatoms. The second kappa shape index (κ2) is 6.05. The molecule has 0 radical (unpaired) electrons. The molecule has 2 rings (SSSR count). The molecule has 1 saturated heterocycles. The van der Waals surface area contributed by atoms with Crippen LogP contribution in [0.25, 0.3) is 0 Å². The van der Waals surface area contributed by atoms with E-state index >= 15 is 0 Å². The monoisotopic (exact) mass is 290 g/mol. The Morgan fingerprint density at radius 1 is 1.38 bits per heavy atom. The zero-order valence-corrected chi connectivity index (χ0v) is 14.4. The van der Waals surface area contributed by atoms with Gasteiger partial charge in [-0.1, -0.05) is 6.92 Å². The Hall–Kier alpha value is -0.930. The van der Waals surface area contributed by atoms with Gasteiger partial charge in [0.05, 0.1) is 11.2 Å². The van der Waals surface area contributed by atoms with E-state index in [0.29, 0.717) is 12.0 Å². The van der Waals surface area contributed by atoms with Gasteiger partial charge < -0.3 is 10.1 Å². The zero-order valence-electron chi connectivity index (χ0n) is 14.4. The third-order valence-corrected chi connectivity index (χ3v) is 4.44. The predicted octanol–water partition coefficient (Wildman–Crippen LogP) is 4.02. The molecule has 1 aliphatic rings. The average molecular weight is 290 g/mol. The van der Waals surface area contributed by atoms with Gasteiger partial charge in [0, 0.05) is 23.9 Å². The zero-order chi connectivity index (χ0) is 15.7. The van der Waals surface area contributed by atoms with E-state index in [2.05, 4.69) is 64.0 Å². The molecule has 2 atom stereocenters. The number of nitrogens with one attached hydrogen (secondary N) is 1. The quantitative estimate of drug-likeness (QED) is 0.889. The summed E-state index contributed by atoms with van der Waals surface area (Å²) < 4.78 is 6.31. The maximum atomic E-state index is 6.31. The molecule has 0 aliphatic carbocycles. The van der Waals surface area contributed by atoms with Gasteiger partial charge >= 0.3 is 0 Å². The molecule has 3 nitrogen and oxygen atoms in total. The van der Waals surface area contributed by atoms with Gasteiger partial charge in [0.1, 0.15) is 0 Å². The number of aryl methyl sites for hydroxylation is 1. The molecule has 1 N–H and O–H groups in total. The summed E-state index contributed by atoms with van der Waals surface area (Å²) in [6, 6.07) is 4.67. The molecular weight excluding hydrogens is 260 g/mol. The van der Waals surface area contributed by atoms with Gasteiger partial charge in [0.2, 0.25) is 0 Å². The van der Waals surface area contributed by atoms with Crippen LogP contribution in [0.1, 0.15) is 64.8 Å². The van der Waals surface area contributed by atoms with E-state index in [1.54, 1.807) is 0 Å². The van der Waals surface area contributed by atoms with Gasteiger partial charge in [-0.2, -0.15) is 0 Å². The standard InChI is InChI=1S/C18H30N2O/c1-7-9-20-16(14-8-10-19-13(2)11-14)15-12-17(3,4)21-18(15,5)6/h8,10-11,15-16,20H,7,9,12H2,1-6H3. The number of hydrogen-bond acceptors (Lipinski definition) is 3. The van der Waals surface area contributed by atoms with Gasteiger partial charge in [-0.05, 0) is 71.7 Å². The lowest BCUT2D eigenvalue weighted by molar-refractivity contribution is -0.0778. The molecule has 0 amide bonds. The van der Waals surface area contributed by atoms with E-state index in [-0.39, 0.29) is 11.2 Å². The number of rotatable bonds is 5. The fourth-order valence-electron chi connectivity index (χ4n) is 3.68. The van der Waals surface area contributed by atoms with Crippen molar-refractivity contribution in [3.05, 3.63) is 29.6 Å². The molecule has 21 heavy (non-hydrogen) atoms. The molecule has 1 aromatic heterocycles. The van der Waals surface area contributed by atoms with Gasteiger partial charge in [0.15, 0.2) is 0 Å². The lowest BCUT2D eigenvalue weighted by Crippen LogP contribution is -2.38. The number of hydrogen-bond donors (Lipinski definition) is 1. The van der Waals surface area contributed by atoms with Gasteiger partial charge in [0.25, 0.3) is 0 Å². The first-order valence-electron chi connectivity index (χ1n) is 8.11. The Kier molecular flexibility index (Phi) is 4.74. The van der Waals surface area contributed by atoms with Crippen LogP contribution < -0.4 is 5.32 Å². The molecule has 118 valence electrons. The van der Waals surface area contributed by atoms with Crippen molar-refractivity contribution in [3.8, 4) is 0 Å². The van der Waals surface area contributed by atoms with Crippen molar-refractivity contribution < 1.29 is 4.74 Å². The second-order valence-electron chi connectivity index (χ2n) is 7.44. The highest BCUT2D eigenvalue weighted by Crippen LogP contribution is 2.47. The van der Waals surface area contributed by atoms with Gasteiger partial charge in [-0.25, -0.2) is 0 Å². The van der Waals surface area contributed by atoms with Crippen molar-refractivity contribution in [1.82, 2.24) is 10.3 Å². The van der Waals surface area contributed by atoms with Crippen molar-refractivity contribution >= 4 is 0 Å². The summed E-state index contributed by atoms with van der Waals surface area (Å²) in [4.78, 5) is 4.34. The van der Waals surface area contributed by atoms with Crippen LogP contribution in [0, 0.1) is 12.8 Å². The lowest BCUT2D eigenvalue weighted by atomic mass is 9.79. The maximum Gasteiger partial charge on any atom is 0.0681 e. The van der Waals surface area contributed by atoms with Crippen LogP contribution in [0.5, 0.6) is 0 Å². The van der Waals surface area contributed by atoms with E-state index in [1.807, 2.05) is 6.20 Å². The Labute approximate surface area is 129 Å². The first kappa shape index (κ1) is 16.4. The minimum atomic E-state index is -0.119. The largest absolute Gasteiger partial charge is 0.369 e. The summed E-state index contributed by atoms with van der Waals surface area (Å²) in [5, 5.41) is 3.74. The fourth-order valence-corrected chi connectivity index (χ4v) is 3.68. The average Bonchev–Trinajstić information content (AvgIpc) is 2.58. The number of aromatic nitrogens is 1. The first-order chi connectivity index (χ1) is 9.75. The van der Waals surface area contributed by atoms with Crippen molar-refractivity contribution in [3.63, 3.8) is 0 Å². The summed E-state index contributed by atoms with van der Waals surface area (Å²) in [5.41, 5.74) is 2.23. The molecule has 1 aliphatic heterocycles. The van der Waals surface area contributed by atoms with Crippen molar-refractivity contribution in [1.29, 1.82) is 0 Å². The minimum Gasteiger partial charge on any atom is -0.369 e. The van der Waals surface area contributed by atoms with E-state index in [9.17, 15) is 0 Å². The minimum absolute atomic E-state index is 0.0532. The molecule has 1 fully saturated rings. The summed E-state index contributed by atoms with van der Waals surface area (Å²) in [6.45, 7) is 14.1. The number of pyridine rings is 1. The van der Waals surface area contributed by atoms with Crippen LogP contribution in [0.3, 0.4) is 0 Å². The fraction of sp³-hybridized carbons (Fsp3) is 0.722. The van der Waals surface area contributed by atoms with Crippen LogP contribution in [-0.4, -0.2) is 22.7 Å². The normalized spacial score (nSPS) is 25.0. The smallest absolute Gasteiger partial charge is 0.0681 e. The Balaban J connectivity index is 2.32. The molecule has 2 heterocycles. The molecule has 0 aromatic carbocycles. The highest BCUT2D eigenvalue weighted by Gasteiger charge is 2.49. The lowest BCUT2D eigenvalue weighted by Gasteiger charge is -2.34. The van der Waals surface area contributed by atoms with Gasteiger partial charge in [-0.15, -0.1) is 0 Å². The van der Waals surface area contributed by atoms with E-state index in [4.69, 9.17) is 4.74 Å². The topological polar surface area (TPSA) is 34.2 Å². The molecule has 0 bridgehead atoms. The summed E-state index contributed by atoms with van der Waals surface area (Å²) in [7, 11) is 0. The van der Waals surface area contributed by atoms with Crippen molar-refractivity contribution in [2.75, 3.05) is 6.54 Å². The molecule has 2 unspecified atom stereocenters. The highest BCUT2D eigenvalue weighted by atomic mass is 16.5.